The fourth-order valence-corrected chi connectivity index (χ4v) is 4.12. The zero-order valence-electron chi connectivity index (χ0n) is 16.2. The number of fused-ring (bicyclic) bond motifs is 1. The normalized spacial score (nSPS) is 24.3. The van der Waals surface area contributed by atoms with Crippen molar-refractivity contribution < 1.29 is 0 Å². The van der Waals surface area contributed by atoms with E-state index in [1.807, 2.05) is 12.3 Å². The predicted octanol–water partition coefficient (Wildman–Crippen LogP) is 4.35. The van der Waals surface area contributed by atoms with Crippen molar-refractivity contribution in [2.45, 2.75) is 53.5 Å². The fraction of sp³-hybridized carbons (Fsp3) is 0.619. The third-order valence-electron chi connectivity index (χ3n) is 5.62. The van der Waals surface area contributed by atoms with Gasteiger partial charge in [0.1, 0.15) is 5.82 Å². The van der Waals surface area contributed by atoms with Gasteiger partial charge in [-0.1, -0.05) is 39.3 Å². The molecule has 0 amide bonds. The largest absolute Gasteiger partial charge is 0.341 e. The standard InChI is InChI=1S/C21H32N4/c1-13(2)18-9-16(15(5)8-17(18)11-23-14(3)4)10-21-24-19-6-7-22-12-20(19)25-21/h6-8,12-14,16-18,23H,9-11H2,1-5H3,(H,24,25)/t16-,17-,18-/m0/s1. The maximum absolute atomic E-state index is 4.75. The third-order valence-corrected chi connectivity index (χ3v) is 5.62. The van der Waals surface area contributed by atoms with Crippen LogP contribution in [0.25, 0.3) is 11.0 Å². The van der Waals surface area contributed by atoms with Gasteiger partial charge >= 0.3 is 0 Å². The highest BCUT2D eigenvalue weighted by atomic mass is 14.9. The molecule has 0 unspecified atom stereocenters. The first-order valence-corrected chi connectivity index (χ1v) is 9.64. The van der Waals surface area contributed by atoms with Crippen molar-refractivity contribution in [3.63, 3.8) is 0 Å². The van der Waals surface area contributed by atoms with Crippen LogP contribution in [0.2, 0.25) is 0 Å². The van der Waals surface area contributed by atoms with Crippen LogP contribution in [-0.4, -0.2) is 27.5 Å². The summed E-state index contributed by atoms with van der Waals surface area (Å²) in [6.45, 7) is 12.6. The van der Waals surface area contributed by atoms with Crippen molar-refractivity contribution in [3.05, 3.63) is 35.9 Å². The zero-order chi connectivity index (χ0) is 18.0. The van der Waals surface area contributed by atoms with Gasteiger partial charge in [-0.2, -0.15) is 0 Å². The SMILES string of the molecule is CC1=C[C@@H](CNC(C)C)[C@H](C(C)C)C[C@H]1Cc1nc2ccncc2[nH]1. The minimum Gasteiger partial charge on any atom is -0.341 e. The number of nitrogens with zero attached hydrogens (tertiary/aromatic N) is 2. The Balaban J connectivity index is 1.76. The maximum atomic E-state index is 4.75. The Bertz CT molecular complexity index is 695. The molecule has 2 N–H and O–H groups in total. The number of nitrogens with one attached hydrogen (secondary N) is 2. The fourth-order valence-electron chi connectivity index (χ4n) is 4.12. The van der Waals surface area contributed by atoms with E-state index in [9.17, 15) is 0 Å². The van der Waals surface area contributed by atoms with Gasteiger partial charge in [-0.15, -0.1) is 0 Å². The van der Waals surface area contributed by atoms with Crippen LogP contribution in [0.5, 0.6) is 0 Å². The summed E-state index contributed by atoms with van der Waals surface area (Å²) < 4.78 is 0. The molecule has 0 saturated heterocycles. The van der Waals surface area contributed by atoms with Crippen molar-refractivity contribution in [1.29, 1.82) is 0 Å². The molecule has 1 aliphatic rings. The molecular formula is C21H32N4. The van der Waals surface area contributed by atoms with E-state index in [-0.39, 0.29) is 0 Å². The topological polar surface area (TPSA) is 53.6 Å². The second-order valence-corrected chi connectivity index (χ2v) is 8.26. The van der Waals surface area contributed by atoms with Crippen molar-refractivity contribution >= 4 is 11.0 Å². The number of hydrogen-bond donors (Lipinski definition) is 2. The molecule has 136 valence electrons. The number of allylic oxidation sites excluding steroid dienone is 1. The van der Waals surface area contributed by atoms with Gasteiger partial charge in [0, 0.05) is 25.2 Å². The molecule has 3 rings (SSSR count). The third kappa shape index (κ3) is 4.30. The summed E-state index contributed by atoms with van der Waals surface area (Å²) in [7, 11) is 0. The van der Waals surface area contributed by atoms with E-state index in [2.05, 4.69) is 56.0 Å². The van der Waals surface area contributed by atoms with Gasteiger partial charge in [0.05, 0.1) is 17.2 Å². The van der Waals surface area contributed by atoms with Crippen LogP contribution in [-0.2, 0) is 6.42 Å². The second-order valence-electron chi connectivity index (χ2n) is 8.26. The summed E-state index contributed by atoms with van der Waals surface area (Å²) in [4.78, 5) is 12.4. The molecule has 25 heavy (non-hydrogen) atoms. The molecule has 0 aliphatic heterocycles. The average Bonchev–Trinajstić information content (AvgIpc) is 2.96. The highest BCUT2D eigenvalue weighted by Crippen LogP contribution is 2.38. The van der Waals surface area contributed by atoms with Gasteiger partial charge < -0.3 is 10.3 Å². The highest BCUT2D eigenvalue weighted by molar-refractivity contribution is 5.73. The van der Waals surface area contributed by atoms with E-state index in [1.54, 1.807) is 6.20 Å². The Labute approximate surface area is 151 Å². The lowest BCUT2D eigenvalue weighted by molar-refractivity contribution is 0.219. The Hall–Kier alpha value is -1.68. The van der Waals surface area contributed by atoms with Crippen molar-refractivity contribution in [2.75, 3.05) is 6.54 Å². The monoisotopic (exact) mass is 340 g/mol. The minimum absolute atomic E-state index is 0.545. The molecule has 0 fully saturated rings. The van der Waals surface area contributed by atoms with Crippen LogP contribution in [0.15, 0.2) is 30.1 Å². The number of aromatic amines is 1. The van der Waals surface area contributed by atoms with Crippen molar-refractivity contribution in [1.82, 2.24) is 20.3 Å². The summed E-state index contributed by atoms with van der Waals surface area (Å²) in [6.07, 6.45) is 8.43. The van der Waals surface area contributed by atoms with Gasteiger partial charge in [0.2, 0.25) is 0 Å². The number of imidazole rings is 1. The van der Waals surface area contributed by atoms with Gasteiger partial charge in [-0.05, 0) is 43.1 Å². The maximum Gasteiger partial charge on any atom is 0.107 e. The quantitative estimate of drug-likeness (QED) is 0.769. The van der Waals surface area contributed by atoms with Crippen LogP contribution in [0.3, 0.4) is 0 Å². The zero-order valence-corrected chi connectivity index (χ0v) is 16.2. The molecular weight excluding hydrogens is 308 g/mol. The first-order valence-electron chi connectivity index (χ1n) is 9.64. The first-order chi connectivity index (χ1) is 11.9. The molecule has 0 spiro atoms. The lowest BCUT2D eigenvalue weighted by Gasteiger charge is -2.37. The molecule has 2 heterocycles. The lowest BCUT2D eigenvalue weighted by atomic mass is 9.69. The second kappa shape index (κ2) is 7.69. The summed E-state index contributed by atoms with van der Waals surface area (Å²) in [5.41, 5.74) is 3.57. The molecule has 0 saturated carbocycles. The van der Waals surface area contributed by atoms with Crippen LogP contribution in [0.4, 0.5) is 0 Å². The molecule has 0 radical (unpaired) electrons. The van der Waals surface area contributed by atoms with Crippen molar-refractivity contribution in [3.8, 4) is 0 Å². The number of hydrogen-bond acceptors (Lipinski definition) is 3. The Morgan fingerprint density at radius 2 is 2.08 bits per heavy atom. The van der Waals surface area contributed by atoms with E-state index in [4.69, 9.17) is 4.98 Å². The number of pyridine rings is 1. The minimum atomic E-state index is 0.545. The number of rotatable bonds is 6. The molecule has 0 aromatic carbocycles. The molecule has 3 atom stereocenters. The van der Waals surface area contributed by atoms with E-state index >= 15 is 0 Å². The lowest BCUT2D eigenvalue weighted by Crippen LogP contribution is -2.37. The summed E-state index contributed by atoms with van der Waals surface area (Å²) >= 11 is 0. The number of aromatic nitrogens is 3. The highest BCUT2D eigenvalue weighted by Gasteiger charge is 2.31. The summed E-state index contributed by atoms with van der Waals surface area (Å²) in [5.74, 6) is 3.73. The Morgan fingerprint density at radius 3 is 2.76 bits per heavy atom. The van der Waals surface area contributed by atoms with Gasteiger partial charge in [0.15, 0.2) is 0 Å². The van der Waals surface area contributed by atoms with E-state index in [0.717, 1.165) is 35.7 Å². The average molecular weight is 341 g/mol. The van der Waals surface area contributed by atoms with E-state index in [1.165, 1.54) is 12.0 Å². The van der Waals surface area contributed by atoms with Gasteiger partial charge in [-0.25, -0.2) is 4.98 Å². The van der Waals surface area contributed by atoms with Crippen LogP contribution in [0.1, 0.15) is 46.9 Å². The Morgan fingerprint density at radius 1 is 1.28 bits per heavy atom. The van der Waals surface area contributed by atoms with E-state index in [0.29, 0.717) is 23.8 Å². The smallest absolute Gasteiger partial charge is 0.107 e. The molecule has 4 nitrogen and oxygen atoms in total. The summed E-state index contributed by atoms with van der Waals surface area (Å²) in [6, 6.07) is 2.52. The first kappa shape index (κ1) is 18.1. The van der Waals surface area contributed by atoms with Crippen molar-refractivity contribution in [2.24, 2.45) is 23.7 Å². The summed E-state index contributed by atoms with van der Waals surface area (Å²) in [5, 5.41) is 3.63. The molecule has 0 bridgehead atoms. The molecule has 2 aromatic rings. The molecule has 2 aromatic heterocycles. The molecule has 4 heteroatoms. The van der Waals surface area contributed by atoms with Crippen LogP contribution < -0.4 is 5.32 Å². The number of H-pyrrole nitrogens is 1. The Kier molecular flexibility index (Phi) is 5.57. The van der Waals surface area contributed by atoms with E-state index < -0.39 is 0 Å². The molecule has 1 aliphatic carbocycles. The predicted molar refractivity (Wildman–Crippen MR) is 104 cm³/mol. The van der Waals surface area contributed by atoms with Gasteiger partial charge in [-0.3, -0.25) is 4.98 Å². The van der Waals surface area contributed by atoms with Gasteiger partial charge in [0.25, 0.3) is 0 Å². The van der Waals surface area contributed by atoms with Crippen LogP contribution in [0, 0.1) is 23.7 Å². The van der Waals surface area contributed by atoms with Crippen LogP contribution >= 0.6 is 0 Å².